The molecule has 162 valence electrons. The van der Waals surface area contributed by atoms with E-state index >= 15 is 0 Å². The van der Waals surface area contributed by atoms with Gasteiger partial charge in [0, 0.05) is 26.2 Å². The van der Waals surface area contributed by atoms with Crippen LogP contribution in [0.4, 0.5) is 0 Å². The highest BCUT2D eigenvalue weighted by Gasteiger charge is 2.29. The van der Waals surface area contributed by atoms with Gasteiger partial charge in [0.1, 0.15) is 5.75 Å². The Morgan fingerprint density at radius 2 is 1.83 bits per heavy atom. The minimum atomic E-state index is -0.0824. The Kier molecular flexibility index (Phi) is 8.33. The van der Waals surface area contributed by atoms with E-state index in [0.29, 0.717) is 5.92 Å². The molecule has 6 nitrogen and oxygen atoms in total. The first kappa shape index (κ1) is 22.1. The van der Waals surface area contributed by atoms with Crippen molar-refractivity contribution in [1.82, 2.24) is 14.7 Å². The van der Waals surface area contributed by atoms with E-state index in [2.05, 4.69) is 40.8 Å². The zero-order valence-corrected chi connectivity index (χ0v) is 18.3. The van der Waals surface area contributed by atoms with Gasteiger partial charge in [0.25, 0.3) is 0 Å². The summed E-state index contributed by atoms with van der Waals surface area (Å²) in [5.41, 5.74) is 1.24. The normalized spacial score (nSPS) is 20.4. The van der Waals surface area contributed by atoms with E-state index in [1.165, 1.54) is 18.4 Å². The van der Waals surface area contributed by atoms with Crippen LogP contribution in [-0.4, -0.2) is 93.3 Å². The number of carbonyl (C=O) groups excluding carboxylic acids is 1. The lowest BCUT2D eigenvalue weighted by molar-refractivity contribution is -0.139. The summed E-state index contributed by atoms with van der Waals surface area (Å²) in [7, 11) is 3.87. The second-order valence-electron chi connectivity index (χ2n) is 8.45. The molecule has 2 aliphatic rings. The molecule has 2 heterocycles. The SMILES string of the molecule is COc1ccc(CCN(CC2CCN(C)CC2)C(=O)C(C)N2CCOCC2)cc1. The topological polar surface area (TPSA) is 45.2 Å². The van der Waals surface area contributed by atoms with Crippen molar-refractivity contribution in [2.75, 3.05) is 66.6 Å². The quantitative estimate of drug-likeness (QED) is 0.665. The zero-order valence-electron chi connectivity index (χ0n) is 18.3. The van der Waals surface area contributed by atoms with Crippen molar-refractivity contribution in [3.8, 4) is 5.75 Å². The van der Waals surface area contributed by atoms with Crippen molar-refractivity contribution in [2.24, 2.45) is 5.92 Å². The monoisotopic (exact) mass is 403 g/mol. The summed E-state index contributed by atoms with van der Waals surface area (Å²) in [5.74, 6) is 1.73. The lowest BCUT2D eigenvalue weighted by Crippen LogP contribution is -2.52. The van der Waals surface area contributed by atoms with Crippen LogP contribution in [0.5, 0.6) is 5.75 Å². The van der Waals surface area contributed by atoms with E-state index < -0.39 is 0 Å². The van der Waals surface area contributed by atoms with Gasteiger partial charge in [-0.2, -0.15) is 0 Å². The van der Waals surface area contributed by atoms with E-state index in [4.69, 9.17) is 9.47 Å². The average Bonchev–Trinajstić information content (AvgIpc) is 2.78. The number of carbonyl (C=O) groups is 1. The van der Waals surface area contributed by atoms with Gasteiger partial charge in [-0.15, -0.1) is 0 Å². The first-order valence-corrected chi connectivity index (χ1v) is 11.0. The Balaban J connectivity index is 1.63. The molecule has 0 aromatic heterocycles. The Morgan fingerprint density at radius 3 is 2.45 bits per heavy atom. The van der Waals surface area contributed by atoms with E-state index in [0.717, 1.165) is 64.7 Å². The molecule has 2 saturated heterocycles. The van der Waals surface area contributed by atoms with E-state index in [1.54, 1.807) is 7.11 Å². The molecule has 2 aliphatic heterocycles. The third-order valence-corrected chi connectivity index (χ3v) is 6.41. The molecular formula is C23H37N3O3. The number of likely N-dealkylation sites (tertiary alicyclic amines) is 1. The maximum Gasteiger partial charge on any atom is 0.239 e. The molecule has 1 atom stereocenters. The van der Waals surface area contributed by atoms with E-state index in [1.807, 2.05) is 12.1 Å². The first-order valence-electron chi connectivity index (χ1n) is 11.0. The van der Waals surface area contributed by atoms with Gasteiger partial charge >= 0.3 is 0 Å². The molecule has 29 heavy (non-hydrogen) atoms. The summed E-state index contributed by atoms with van der Waals surface area (Å²) in [6.07, 6.45) is 3.22. The third-order valence-electron chi connectivity index (χ3n) is 6.41. The minimum Gasteiger partial charge on any atom is -0.497 e. The van der Waals surface area contributed by atoms with Gasteiger partial charge < -0.3 is 19.3 Å². The van der Waals surface area contributed by atoms with Gasteiger partial charge in [0.15, 0.2) is 0 Å². The summed E-state index contributed by atoms with van der Waals surface area (Å²) in [5, 5.41) is 0. The number of benzene rings is 1. The summed E-state index contributed by atoms with van der Waals surface area (Å²) in [4.78, 5) is 20.2. The van der Waals surface area contributed by atoms with Crippen molar-refractivity contribution >= 4 is 5.91 Å². The van der Waals surface area contributed by atoms with Crippen LogP contribution in [0.1, 0.15) is 25.3 Å². The van der Waals surface area contributed by atoms with Gasteiger partial charge in [0.2, 0.25) is 5.91 Å². The second-order valence-corrected chi connectivity index (χ2v) is 8.45. The highest BCUT2D eigenvalue weighted by Crippen LogP contribution is 2.20. The number of hydrogen-bond donors (Lipinski definition) is 0. The molecule has 3 rings (SSSR count). The Bertz CT molecular complexity index is 623. The van der Waals surface area contributed by atoms with Crippen LogP contribution < -0.4 is 4.74 Å². The van der Waals surface area contributed by atoms with Crippen LogP contribution in [0, 0.1) is 5.92 Å². The molecule has 0 bridgehead atoms. The van der Waals surface area contributed by atoms with Gasteiger partial charge in [-0.3, -0.25) is 9.69 Å². The Labute approximate surface area is 175 Å². The number of rotatable bonds is 8. The van der Waals surface area contributed by atoms with Crippen LogP contribution >= 0.6 is 0 Å². The first-order chi connectivity index (χ1) is 14.1. The van der Waals surface area contributed by atoms with Crippen LogP contribution in [0.25, 0.3) is 0 Å². The minimum absolute atomic E-state index is 0.0824. The van der Waals surface area contributed by atoms with Crippen LogP contribution in [0.3, 0.4) is 0 Å². The standard InChI is InChI=1S/C23H37N3O3/c1-19(25-14-16-29-17-15-25)23(27)26(18-21-8-11-24(2)12-9-21)13-10-20-4-6-22(28-3)7-5-20/h4-7,19,21H,8-18H2,1-3H3. The number of ether oxygens (including phenoxy) is 2. The number of methoxy groups -OCH3 is 1. The lowest BCUT2D eigenvalue weighted by atomic mass is 9.96. The Hall–Kier alpha value is -1.63. The van der Waals surface area contributed by atoms with E-state index in [-0.39, 0.29) is 11.9 Å². The molecular weight excluding hydrogens is 366 g/mol. The van der Waals surface area contributed by atoms with Crippen molar-refractivity contribution in [2.45, 2.75) is 32.2 Å². The van der Waals surface area contributed by atoms with Crippen molar-refractivity contribution < 1.29 is 14.3 Å². The van der Waals surface area contributed by atoms with Gasteiger partial charge in [0.05, 0.1) is 26.4 Å². The van der Waals surface area contributed by atoms with Gasteiger partial charge in [-0.05, 0) is 69.9 Å². The number of morpholine rings is 1. The highest BCUT2D eigenvalue weighted by atomic mass is 16.5. The Morgan fingerprint density at radius 1 is 1.17 bits per heavy atom. The molecule has 1 unspecified atom stereocenters. The average molecular weight is 404 g/mol. The fraction of sp³-hybridized carbons (Fsp3) is 0.696. The van der Waals surface area contributed by atoms with Crippen LogP contribution in [0.15, 0.2) is 24.3 Å². The number of hydrogen-bond acceptors (Lipinski definition) is 5. The van der Waals surface area contributed by atoms with Crippen LogP contribution in [-0.2, 0) is 16.0 Å². The van der Waals surface area contributed by atoms with Crippen molar-refractivity contribution in [1.29, 1.82) is 0 Å². The predicted molar refractivity (Wildman–Crippen MR) is 115 cm³/mol. The molecule has 1 aromatic carbocycles. The van der Waals surface area contributed by atoms with Gasteiger partial charge in [-0.25, -0.2) is 0 Å². The summed E-state index contributed by atoms with van der Waals surface area (Å²) >= 11 is 0. The molecule has 1 aromatic rings. The largest absolute Gasteiger partial charge is 0.497 e. The molecule has 0 radical (unpaired) electrons. The van der Waals surface area contributed by atoms with E-state index in [9.17, 15) is 4.79 Å². The molecule has 0 aliphatic carbocycles. The molecule has 2 fully saturated rings. The lowest BCUT2D eigenvalue weighted by Gasteiger charge is -2.37. The van der Waals surface area contributed by atoms with Crippen LogP contribution in [0.2, 0.25) is 0 Å². The number of piperidine rings is 1. The molecule has 0 spiro atoms. The van der Waals surface area contributed by atoms with Crippen molar-refractivity contribution in [3.05, 3.63) is 29.8 Å². The summed E-state index contributed by atoms with van der Waals surface area (Å²) in [6, 6.07) is 8.11. The summed E-state index contributed by atoms with van der Waals surface area (Å²) in [6.45, 7) is 9.08. The molecule has 0 N–H and O–H groups in total. The molecule has 6 heteroatoms. The third kappa shape index (κ3) is 6.43. The van der Waals surface area contributed by atoms with Gasteiger partial charge in [-0.1, -0.05) is 12.1 Å². The van der Waals surface area contributed by atoms with Crippen molar-refractivity contribution in [3.63, 3.8) is 0 Å². The maximum atomic E-state index is 13.4. The highest BCUT2D eigenvalue weighted by molar-refractivity contribution is 5.81. The molecule has 1 amide bonds. The predicted octanol–water partition coefficient (Wildman–Crippen LogP) is 2.13. The smallest absolute Gasteiger partial charge is 0.239 e. The second kappa shape index (κ2) is 11.0. The number of nitrogens with zero attached hydrogens (tertiary/aromatic N) is 3. The number of amides is 1. The zero-order chi connectivity index (χ0) is 20.6. The maximum absolute atomic E-state index is 13.4. The molecule has 0 saturated carbocycles. The summed E-state index contributed by atoms with van der Waals surface area (Å²) < 4.78 is 10.7. The fourth-order valence-electron chi connectivity index (χ4n) is 4.29. The fourth-order valence-corrected chi connectivity index (χ4v) is 4.29.